The van der Waals surface area contributed by atoms with E-state index in [0.717, 1.165) is 0 Å². The molecule has 0 fully saturated rings. The molecule has 0 spiro atoms. The number of nitrogens with zero attached hydrogens (tertiary/aromatic N) is 3. The molecule has 18 heavy (non-hydrogen) atoms. The molecule has 0 aromatic rings. The Morgan fingerprint density at radius 1 is 0.889 bits per heavy atom. The maximum Gasteiger partial charge on any atom is 0.0940 e. The molecule has 0 aromatic heterocycles. The summed E-state index contributed by atoms with van der Waals surface area (Å²) in [5, 5.41) is 35.9. The second-order valence-corrected chi connectivity index (χ2v) is 8.80. The predicted octanol–water partition coefficient (Wildman–Crippen LogP) is 2.71. The van der Waals surface area contributed by atoms with Gasteiger partial charge in [0, 0.05) is 0 Å². The van der Waals surface area contributed by atoms with E-state index in [1.807, 2.05) is 5.70 Å². The van der Waals surface area contributed by atoms with Gasteiger partial charge in [-0.3, -0.25) is 0 Å². The van der Waals surface area contributed by atoms with E-state index in [-0.39, 0.29) is 0 Å². The van der Waals surface area contributed by atoms with Gasteiger partial charge < -0.3 is 15.6 Å². The SMILES string of the molecule is C=C[Si](CC(C)=NO)(CC(C)=NO)CC(C)=NO. The van der Waals surface area contributed by atoms with E-state index in [9.17, 15) is 0 Å². The Morgan fingerprint density at radius 3 is 1.33 bits per heavy atom. The molecule has 0 atom stereocenters. The predicted molar refractivity (Wildman–Crippen MR) is 75.1 cm³/mol. The summed E-state index contributed by atoms with van der Waals surface area (Å²) in [6.45, 7) is 9.02. The topological polar surface area (TPSA) is 97.8 Å². The Morgan fingerprint density at radius 2 is 1.17 bits per heavy atom. The molecule has 0 saturated carbocycles. The Balaban J connectivity index is 5.25. The van der Waals surface area contributed by atoms with Crippen LogP contribution >= 0.6 is 0 Å². The van der Waals surface area contributed by atoms with Gasteiger partial charge in [0.25, 0.3) is 0 Å². The molecule has 0 amide bonds. The minimum atomic E-state index is -2.13. The van der Waals surface area contributed by atoms with E-state index < -0.39 is 8.07 Å². The van der Waals surface area contributed by atoms with Crippen molar-refractivity contribution in [3.63, 3.8) is 0 Å². The summed E-state index contributed by atoms with van der Waals surface area (Å²) in [7, 11) is -2.13. The minimum absolute atomic E-state index is 0.576. The summed E-state index contributed by atoms with van der Waals surface area (Å²) in [5.74, 6) is 0. The van der Waals surface area contributed by atoms with Crippen molar-refractivity contribution in [1.82, 2.24) is 0 Å². The van der Waals surface area contributed by atoms with Crippen molar-refractivity contribution in [2.24, 2.45) is 15.5 Å². The zero-order valence-electron chi connectivity index (χ0n) is 11.1. The zero-order valence-corrected chi connectivity index (χ0v) is 12.1. The van der Waals surface area contributed by atoms with Gasteiger partial charge in [-0.25, -0.2) is 0 Å². The molecular formula is C11H21N3O3Si. The van der Waals surface area contributed by atoms with Gasteiger partial charge in [0.2, 0.25) is 0 Å². The van der Waals surface area contributed by atoms with Gasteiger partial charge in [-0.15, -0.1) is 12.3 Å². The number of hydrogen-bond donors (Lipinski definition) is 3. The lowest BCUT2D eigenvalue weighted by Gasteiger charge is -2.27. The molecule has 102 valence electrons. The summed E-state index contributed by atoms with van der Waals surface area (Å²) in [4.78, 5) is 0. The Bertz CT molecular complexity index is 327. The number of rotatable bonds is 7. The minimum Gasteiger partial charge on any atom is -0.411 e. The van der Waals surface area contributed by atoms with Gasteiger partial charge >= 0.3 is 0 Å². The van der Waals surface area contributed by atoms with Crippen molar-refractivity contribution in [2.75, 3.05) is 0 Å². The molecule has 0 saturated heterocycles. The van der Waals surface area contributed by atoms with E-state index in [1.54, 1.807) is 20.8 Å². The first kappa shape index (κ1) is 16.4. The largest absolute Gasteiger partial charge is 0.411 e. The van der Waals surface area contributed by atoms with Crippen LogP contribution in [0.3, 0.4) is 0 Å². The van der Waals surface area contributed by atoms with Crippen LogP contribution < -0.4 is 0 Å². The molecule has 0 heterocycles. The van der Waals surface area contributed by atoms with Crippen molar-refractivity contribution < 1.29 is 15.6 Å². The molecule has 0 aliphatic carbocycles. The summed E-state index contributed by atoms with van der Waals surface area (Å²) in [6, 6.07) is 1.73. The fourth-order valence-corrected chi connectivity index (χ4v) is 6.12. The van der Waals surface area contributed by atoms with E-state index >= 15 is 0 Å². The molecule has 0 aliphatic rings. The Labute approximate surface area is 108 Å². The molecule has 6 nitrogen and oxygen atoms in total. The molecular weight excluding hydrogens is 250 g/mol. The first-order valence-corrected chi connectivity index (χ1v) is 8.29. The Hall–Kier alpha value is -1.63. The fourth-order valence-electron chi connectivity index (χ4n) is 2.04. The maximum absolute atomic E-state index is 8.79. The molecule has 0 aliphatic heterocycles. The van der Waals surface area contributed by atoms with Crippen LogP contribution in [-0.4, -0.2) is 40.8 Å². The van der Waals surface area contributed by atoms with E-state index in [0.29, 0.717) is 35.3 Å². The van der Waals surface area contributed by atoms with Gasteiger partial charge in [0.05, 0.1) is 25.2 Å². The molecule has 3 N–H and O–H groups in total. The van der Waals surface area contributed by atoms with E-state index in [1.165, 1.54) is 0 Å². The fraction of sp³-hybridized carbons (Fsp3) is 0.545. The normalized spacial score (nSPS) is 17.4. The first-order chi connectivity index (χ1) is 8.42. The van der Waals surface area contributed by atoms with Crippen LogP contribution in [-0.2, 0) is 0 Å². The van der Waals surface area contributed by atoms with Crippen LogP contribution in [0.2, 0.25) is 18.1 Å². The molecule has 0 rings (SSSR count). The molecule has 7 heteroatoms. The first-order valence-electron chi connectivity index (χ1n) is 5.59. The lowest BCUT2D eigenvalue weighted by Crippen LogP contribution is -2.38. The Kier molecular flexibility index (Phi) is 6.95. The van der Waals surface area contributed by atoms with Crippen molar-refractivity contribution in [2.45, 2.75) is 38.9 Å². The average Bonchev–Trinajstić information content (AvgIpc) is 2.37. The van der Waals surface area contributed by atoms with Gasteiger partial charge in [-0.05, 0) is 38.9 Å². The van der Waals surface area contributed by atoms with Crippen LogP contribution in [0, 0.1) is 0 Å². The summed E-state index contributed by atoms with van der Waals surface area (Å²) in [6.07, 6.45) is 0. The van der Waals surface area contributed by atoms with Crippen LogP contribution in [0.15, 0.2) is 27.7 Å². The van der Waals surface area contributed by atoms with Crippen molar-refractivity contribution in [3.05, 3.63) is 12.3 Å². The molecule has 0 unspecified atom stereocenters. The second kappa shape index (κ2) is 7.65. The van der Waals surface area contributed by atoms with E-state index in [4.69, 9.17) is 15.6 Å². The average molecular weight is 271 g/mol. The summed E-state index contributed by atoms with van der Waals surface area (Å²) >= 11 is 0. The van der Waals surface area contributed by atoms with Crippen LogP contribution in [0.5, 0.6) is 0 Å². The standard InChI is InChI=1S/C11H21N3O3Si/c1-5-18(6-9(2)12-15,7-10(3)13-16)8-11(4)14-17/h5,15-17H,1,6-8H2,2-4H3. The lowest BCUT2D eigenvalue weighted by atomic mass is 10.5. The third kappa shape index (κ3) is 5.13. The zero-order chi connectivity index (χ0) is 14.2. The second-order valence-electron chi connectivity index (χ2n) is 4.60. The highest BCUT2D eigenvalue weighted by molar-refractivity contribution is 6.91. The van der Waals surface area contributed by atoms with Crippen molar-refractivity contribution >= 4 is 25.2 Å². The monoisotopic (exact) mass is 271 g/mol. The van der Waals surface area contributed by atoms with Crippen molar-refractivity contribution in [1.29, 1.82) is 0 Å². The lowest BCUT2D eigenvalue weighted by molar-refractivity contribution is 0.318. The van der Waals surface area contributed by atoms with Gasteiger partial charge in [-0.2, -0.15) is 0 Å². The number of oxime groups is 3. The summed E-state index contributed by atoms with van der Waals surface area (Å²) in [5.41, 5.74) is 3.64. The van der Waals surface area contributed by atoms with Gasteiger partial charge in [0.15, 0.2) is 0 Å². The number of hydrogen-bond acceptors (Lipinski definition) is 6. The highest BCUT2D eigenvalue weighted by Crippen LogP contribution is 2.25. The highest BCUT2D eigenvalue weighted by atomic mass is 28.3. The summed E-state index contributed by atoms with van der Waals surface area (Å²) < 4.78 is 0. The molecule has 0 aromatic carbocycles. The van der Waals surface area contributed by atoms with Crippen LogP contribution in [0.4, 0.5) is 0 Å². The molecule has 0 radical (unpaired) electrons. The smallest absolute Gasteiger partial charge is 0.0940 e. The van der Waals surface area contributed by atoms with Gasteiger partial charge in [0.1, 0.15) is 0 Å². The van der Waals surface area contributed by atoms with Gasteiger partial charge in [-0.1, -0.05) is 15.5 Å². The van der Waals surface area contributed by atoms with Crippen LogP contribution in [0.1, 0.15) is 20.8 Å². The van der Waals surface area contributed by atoms with Crippen molar-refractivity contribution in [3.8, 4) is 0 Å². The quantitative estimate of drug-likeness (QED) is 0.287. The molecule has 0 bridgehead atoms. The highest BCUT2D eigenvalue weighted by Gasteiger charge is 2.32. The maximum atomic E-state index is 8.79. The van der Waals surface area contributed by atoms with E-state index in [2.05, 4.69) is 22.0 Å². The third-order valence-corrected chi connectivity index (χ3v) is 7.28. The van der Waals surface area contributed by atoms with Crippen LogP contribution in [0.25, 0.3) is 0 Å². The third-order valence-electron chi connectivity index (χ3n) is 2.77.